The van der Waals surface area contributed by atoms with Crippen LogP contribution in [-0.2, 0) is 0 Å². The molecule has 29 heavy (non-hydrogen) atoms. The van der Waals surface area contributed by atoms with E-state index in [4.69, 9.17) is 5.73 Å². The number of benzene rings is 2. The first kappa shape index (κ1) is 18.9. The number of carbonyl (C=O) groups excluding carboxylic acids is 2. The second-order valence-corrected chi connectivity index (χ2v) is 7.26. The topological polar surface area (TPSA) is 90.0 Å². The standard InChI is InChI=1S/C22H21FN4O2/c23-16-9-6-14(7-10-16)15-8-11-17(12-15)25-22(29)19-13-20(21(24)28)27(26-19)18-4-2-1-3-5-18/h1-7,9-10,13,15,17H,8,11-12H2,(H2,24,28)(H,25,29). The van der Waals surface area contributed by atoms with Gasteiger partial charge >= 0.3 is 0 Å². The highest BCUT2D eigenvalue weighted by Crippen LogP contribution is 2.34. The van der Waals surface area contributed by atoms with Gasteiger partial charge in [0.05, 0.1) is 5.69 Å². The number of hydrogen-bond donors (Lipinski definition) is 2. The summed E-state index contributed by atoms with van der Waals surface area (Å²) in [5.41, 5.74) is 7.49. The van der Waals surface area contributed by atoms with Gasteiger partial charge in [-0.15, -0.1) is 0 Å². The maximum absolute atomic E-state index is 13.1. The van der Waals surface area contributed by atoms with Crippen molar-refractivity contribution in [2.24, 2.45) is 5.73 Å². The molecule has 0 radical (unpaired) electrons. The van der Waals surface area contributed by atoms with Crippen LogP contribution in [0.25, 0.3) is 5.69 Å². The molecule has 2 aromatic carbocycles. The Morgan fingerprint density at radius 3 is 2.48 bits per heavy atom. The first-order chi connectivity index (χ1) is 14.0. The fourth-order valence-corrected chi connectivity index (χ4v) is 3.84. The summed E-state index contributed by atoms with van der Waals surface area (Å²) in [5, 5.41) is 7.29. The van der Waals surface area contributed by atoms with Crippen LogP contribution in [0.4, 0.5) is 4.39 Å². The van der Waals surface area contributed by atoms with Gasteiger partial charge in [-0.25, -0.2) is 9.07 Å². The van der Waals surface area contributed by atoms with Crippen LogP contribution in [0.1, 0.15) is 51.7 Å². The molecule has 1 aromatic heterocycles. The van der Waals surface area contributed by atoms with Crippen LogP contribution in [0.2, 0.25) is 0 Å². The van der Waals surface area contributed by atoms with Crippen molar-refractivity contribution in [2.45, 2.75) is 31.2 Å². The fraction of sp³-hybridized carbons (Fsp3) is 0.227. The normalized spacial score (nSPS) is 18.5. The summed E-state index contributed by atoms with van der Waals surface area (Å²) in [6, 6.07) is 17.0. The highest BCUT2D eigenvalue weighted by Gasteiger charge is 2.28. The van der Waals surface area contributed by atoms with Gasteiger partial charge in [0.15, 0.2) is 5.69 Å². The largest absolute Gasteiger partial charge is 0.364 e. The summed E-state index contributed by atoms with van der Waals surface area (Å²) in [6.07, 6.45) is 2.52. The van der Waals surface area contributed by atoms with Crippen LogP contribution in [-0.4, -0.2) is 27.6 Å². The minimum Gasteiger partial charge on any atom is -0.364 e. The first-order valence-corrected chi connectivity index (χ1v) is 9.53. The highest BCUT2D eigenvalue weighted by atomic mass is 19.1. The van der Waals surface area contributed by atoms with Gasteiger partial charge in [0.2, 0.25) is 0 Å². The van der Waals surface area contributed by atoms with E-state index in [1.165, 1.54) is 22.9 Å². The van der Waals surface area contributed by atoms with Crippen LogP contribution < -0.4 is 11.1 Å². The van der Waals surface area contributed by atoms with Crippen molar-refractivity contribution in [3.05, 3.63) is 83.4 Å². The van der Waals surface area contributed by atoms with Gasteiger partial charge in [-0.05, 0) is 55.0 Å². The highest BCUT2D eigenvalue weighted by molar-refractivity contribution is 5.97. The number of nitrogens with zero attached hydrogens (tertiary/aromatic N) is 2. The van der Waals surface area contributed by atoms with E-state index in [1.807, 2.05) is 18.2 Å². The molecule has 1 aliphatic carbocycles. The summed E-state index contributed by atoms with van der Waals surface area (Å²) in [7, 11) is 0. The predicted molar refractivity (Wildman–Crippen MR) is 106 cm³/mol. The average molecular weight is 392 g/mol. The van der Waals surface area contributed by atoms with Crippen molar-refractivity contribution in [3.8, 4) is 5.69 Å². The number of amides is 2. The van der Waals surface area contributed by atoms with E-state index in [-0.39, 0.29) is 35.1 Å². The van der Waals surface area contributed by atoms with Gasteiger partial charge in [-0.1, -0.05) is 30.3 Å². The number of rotatable bonds is 5. The van der Waals surface area contributed by atoms with E-state index < -0.39 is 5.91 Å². The average Bonchev–Trinajstić information content (AvgIpc) is 3.37. The zero-order valence-electron chi connectivity index (χ0n) is 15.7. The number of carbonyl (C=O) groups is 2. The van der Waals surface area contributed by atoms with Crippen LogP contribution in [0, 0.1) is 5.82 Å². The lowest BCUT2D eigenvalue weighted by Crippen LogP contribution is -2.33. The lowest BCUT2D eigenvalue weighted by atomic mass is 9.97. The van der Waals surface area contributed by atoms with Crippen LogP contribution in [0.3, 0.4) is 0 Å². The Labute approximate surface area is 167 Å². The summed E-state index contributed by atoms with van der Waals surface area (Å²) in [4.78, 5) is 24.5. The third-order valence-corrected chi connectivity index (χ3v) is 5.30. The number of nitrogens with two attached hydrogens (primary N) is 1. The van der Waals surface area contributed by atoms with Crippen molar-refractivity contribution >= 4 is 11.8 Å². The number of primary amides is 1. The zero-order chi connectivity index (χ0) is 20.4. The van der Waals surface area contributed by atoms with Crippen molar-refractivity contribution in [3.63, 3.8) is 0 Å². The summed E-state index contributed by atoms with van der Waals surface area (Å²) < 4.78 is 14.5. The molecule has 6 nitrogen and oxygen atoms in total. The maximum Gasteiger partial charge on any atom is 0.272 e. The van der Waals surface area contributed by atoms with Gasteiger partial charge in [-0.3, -0.25) is 9.59 Å². The lowest BCUT2D eigenvalue weighted by Gasteiger charge is -2.13. The third kappa shape index (κ3) is 4.03. The molecule has 0 saturated heterocycles. The monoisotopic (exact) mass is 392 g/mol. The van der Waals surface area contributed by atoms with Crippen LogP contribution in [0.5, 0.6) is 0 Å². The van der Waals surface area contributed by atoms with Gasteiger partial charge in [0.25, 0.3) is 11.8 Å². The summed E-state index contributed by atoms with van der Waals surface area (Å²) in [5.74, 6) is -0.968. The SMILES string of the molecule is NC(=O)c1cc(C(=O)NC2CCC(c3ccc(F)cc3)C2)nn1-c1ccccc1. The number of hydrogen-bond acceptors (Lipinski definition) is 3. The molecule has 1 heterocycles. The first-order valence-electron chi connectivity index (χ1n) is 9.53. The Morgan fingerprint density at radius 2 is 1.79 bits per heavy atom. The molecular weight excluding hydrogens is 371 g/mol. The van der Waals surface area contributed by atoms with Crippen molar-refractivity contribution < 1.29 is 14.0 Å². The second-order valence-electron chi connectivity index (χ2n) is 7.26. The van der Waals surface area contributed by atoms with Gasteiger partial charge in [0, 0.05) is 12.1 Å². The summed E-state index contributed by atoms with van der Waals surface area (Å²) >= 11 is 0. The molecule has 3 aromatic rings. The minimum absolute atomic E-state index is 0.00328. The number of aromatic nitrogens is 2. The zero-order valence-corrected chi connectivity index (χ0v) is 15.7. The quantitative estimate of drug-likeness (QED) is 0.699. The number of nitrogens with one attached hydrogen (secondary N) is 1. The maximum atomic E-state index is 13.1. The number of para-hydroxylation sites is 1. The van der Waals surface area contributed by atoms with E-state index in [0.29, 0.717) is 5.69 Å². The molecule has 1 aliphatic rings. The molecule has 3 N–H and O–H groups in total. The van der Waals surface area contributed by atoms with E-state index in [2.05, 4.69) is 10.4 Å². The Bertz CT molecular complexity index is 1030. The Hall–Kier alpha value is -3.48. The van der Waals surface area contributed by atoms with E-state index >= 15 is 0 Å². The van der Waals surface area contributed by atoms with Crippen molar-refractivity contribution in [1.29, 1.82) is 0 Å². The molecule has 2 atom stereocenters. The molecule has 0 aliphatic heterocycles. The summed E-state index contributed by atoms with van der Waals surface area (Å²) in [6.45, 7) is 0. The Balaban J connectivity index is 1.48. The molecule has 148 valence electrons. The third-order valence-electron chi connectivity index (χ3n) is 5.30. The van der Waals surface area contributed by atoms with E-state index in [1.54, 1.807) is 24.3 Å². The predicted octanol–water partition coefficient (Wildman–Crippen LogP) is 3.18. The minimum atomic E-state index is -0.655. The van der Waals surface area contributed by atoms with Crippen molar-refractivity contribution in [1.82, 2.24) is 15.1 Å². The molecular formula is C22H21FN4O2. The van der Waals surface area contributed by atoms with E-state index in [0.717, 1.165) is 24.8 Å². The lowest BCUT2D eigenvalue weighted by molar-refractivity contribution is 0.0931. The Morgan fingerprint density at radius 1 is 1.07 bits per heavy atom. The Kier molecular flexibility index (Phi) is 5.12. The molecule has 1 fully saturated rings. The van der Waals surface area contributed by atoms with Crippen molar-refractivity contribution in [2.75, 3.05) is 0 Å². The van der Waals surface area contributed by atoms with Gasteiger partial charge in [0.1, 0.15) is 11.5 Å². The molecule has 2 amide bonds. The smallest absolute Gasteiger partial charge is 0.272 e. The number of halogens is 1. The van der Waals surface area contributed by atoms with E-state index in [9.17, 15) is 14.0 Å². The molecule has 2 unspecified atom stereocenters. The fourth-order valence-electron chi connectivity index (χ4n) is 3.84. The van der Waals surface area contributed by atoms with Gasteiger partial charge in [-0.2, -0.15) is 5.10 Å². The molecule has 0 bridgehead atoms. The molecule has 1 saturated carbocycles. The molecule has 4 rings (SSSR count). The second kappa shape index (κ2) is 7.87. The molecule has 7 heteroatoms. The van der Waals surface area contributed by atoms with Crippen LogP contribution >= 0.6 is 0 Å². The van der Waals surface area contributed by atoms with Gasteiger partial charge < -0.3 is 11.1 Å². The molecule has 0 spiro atoms. The van der Waals surface area contributed by atoms with Crippen LogP contribution in [0.15, 0.2) is 60.7 Å².